The van der Waals surface area contributed by atoms with Crippen molar-refractivity contribution in [3.05, 3.63) is 65.4 Å². The number of aryl methyl sites for hydroxylation is 1. The number of nitrogens with one attached hydrogen (secondary N) is 2. The lowest BCUT2D eigenvalue weighted by Crippen LogP contribution is -2.12. The average molecular weight is 299 g/mol. The molecule has 0 radical (unpaired) electrons. The predicted molar refractivity (Wildman–Crippen MR) is 82.6 cm³/mol. The zero-order chi connectivity index (χ0) is 15.4. The molecule has 3 aromatic rings. The third-order valence-corrected chi connectivity index (χ3v) is 3.45. The molecule has 0 saturated heterocycles. The average Bonchev–Trinajstić information content (AvgIpc) is 3.17. The topological polar surface area (TPSA) is 53.9 Å². The highest BCUT2D eigenvalue weighted by Crippen LogP contribution is 2.22. The second-order valence-electron chi connectivity index (χ2n) is 5.11. The van der Waals surface area contributed by atoms with Gasteiger partial charge in [-0.3, -0.25) is 5.10 Å². The molecule has 0 bridgehead atoms. The zero-order valence-electron chi connectivity index (χ0n) is 12.4. The van der Waals surface area contributed by atoms with Gasteiger partial charge in [-0.15, -0.1) is 0 Å². The maximum absolute atomic E-state index is 12.9. The van der Waals surface area contributed by atoms with Crippen molar-refractivity contribution in [2.45, 2.75) is 26.4 Å². The molecule has 0 atom stereocenters. The molecule has 4 nitrogen and oxygen atoms in total. The highest BCUT2D eigenvalue weighted by Gasteiger charge is 2.05. The van der Waals surface area contributed by atoms with E-state index in [9.17, 15) is 4.39 Å². The van der Waals surface area contributed by atoms with Gasteiger partial charge < -0.3 is 9.73 Å². The van der Waals surface area contributed by atoms with E-state index >= 15 is 0 Å². The van der Waals surface area contributed by atoms with Gasteiger partial charge in [-0.25, -0.2) is 4.39 Å². The second kappa shape index (κ2) is 6.58. The van der Waals surface area contributed by atoms with Crippen molar-refractivity contribution in [1.29, 1.82) is 0 Å². The van der Waals surface area contributed by atoms with Gasteiger partial charge >= 0.3 is 0 Å². The summed E-state index contributed by atoms with van der Waals surface area (Å²) in [6.45, 7) is 3.41. The molecular weight excluding hydrogens is 281 g/mol. The van der Waals surface area contributed by atoms with Crippen molar-refractivity contribution in [3.8, 4) is 11.3 Å². The van der Waals surface area contributed by atoms with E-state index in [0.29, 0.717) is 13.1 Å². The molecule has 1 aromatic carbocycles. The Labute approximate surface area is 128 Å². The van der Waals surface area contributed by atoms with Gasteiger partial charge in [0.1, 0.15) is 17.3 Å². The van der Waals surface area contributed by atoms with Crippen molar-refractivity contribution >= 4 is 0 Å². The summed E-state index contributed by atoms with van der Waals surface area (Å²) in [4.78, 5) is 0. The highest BCUT2D eigenvalue weighted by molar-refractivity contribution is 5.57. The molecule has 2 aromatic heterocycles. The Balaban J connectivity index is 1.56. The van der Waals surface area contributed by atoms with E-state index in [2.05, 4.69) is 28.5 Å². The number of hydrogen-bond acceptors (Lipinski definition) is 3. The Hall–Kier alpha value is -2.40. The molecule has 0 aliphatic rings. The second-order valence-corrected chi connectivity index (χ2v) is 5.11. The highest BCUT2D eigenvalue weighted by atomic mass is 19.1. The molecule has 0 aliphatic carbocycles. The van der Waals surface area contributed by atoms with Crippen LogP contribution in [-0.4, -0.2) is 10.2 Å². The smallest absolute Gasteiger partial charge is 0.134 e. The van der Waals surface area contributed by atoms with Gasteiger partial charge in [-0.2, -0.15) is 5.10 Å². The van der Waals surface area contributed by atoms with E-state index in [4.69, 9.17) is 4.42 Å². The number of aromatic amines is 1. The van der Waals surface area contributed by atoms with Crippen molar-refractivity contribution in [1.82, 2.24) is 15.5 Å². The van der Waals surface area contributed by atoms with Crippen LogP contribution in [0.25, 0.3) is 11.3 Å². The van der Waals surface area contributed by atoms with E-state index < -0.39 is 0 Å². The summed E-state index contributed by atoms with van der Waals surface area (Å²) in [7, 11) is 0. The van der Waals surface area contributed by atoms with E-state index in [1.54, 1.807) is 12.1 Å². The molecule has 0 aliphatic heterocycles. The molecule has 114 valence electrons. The molecule has 22 heavy (non-hydrogen) atoms. The molecule has 0 unspecified atom stereocenters. The number of nitrogens with zero attached hydrogens (tertiary/aromatic N) is 1. The molecule has 0 saturated carbocycles. The molecule has 0 fully saturated rings. The quantitative estimate of drug-likeness (QED) is 0.730. The largest absolute Gasteiger partial charge is 0.460 e. The van der Waals surface area contributed by atoms with E-state index in [1.165, 1.54) is 12.1 Å². The summed E-state index contributed by atoms with van der Waals surface area (Å²) in [5.74, 6) is 1.34. The molecule has 0 spiro atoms. The first kappa shape index (κ1) is 14.5. The van der Waals surface area contributed by atoms with Gasteiger partial charge in [0.05, 0.1) is 12.2 Å². The Morgan fingerprint density at radius 3 is 2.68 bits per heavy atom. The van der Waals surface area contributed by atoms with Crippen LogP contribution < -0.4 is 5.32 Å². The summed E-state index contributed by atoms with van der Waals surface area (Å²) < 4.78 is 18.7. The van der Waals surface area contributed by atoms with Crippen LogP contribution in [0.15, 0.2) is 46.9 Å². The van der Waals surface area contributed by atoms with Crippen molar-refractivity contribution in [2.24, 2.45) is 0 Å². The molecular formula is C17H18FN3O. The van der Waals surface area contributed by atoms with Gasteiger partial charge in [-0.05, 0) is 48.9 Å². The van der Waals surface area contributed by atoms with Crippen LogP contribution in [0.2, 0.25) is 0 Å². The van der Waals surface area contributed by atoms with Crippen LogP contribution in [0, 0.1) is 5.82 Å². The maximum Gasteiger partial charge on any atom is 0.134 e. The number of aromatic nitrogens is 2. The number of furan rings is 1. The van der Waals surface area contributed by atoms with Crippen molar-refractivity contribution in [3.63, 3.8) is 0 Å². The fraction of sp³-hybridized carbons (Fsp3) is 0.235. The van der Waals surface area contributed by atoms with E-state index in [0.717, 1.165) is 34.9 Å². The maximum atomic E-state index is 12.9. The molecule has 2 heterocycles. The first-order valence-corrected chi connectivity index (χ1v) is 7.33. The SMILES string of the molecule is CCc1cc(CNCc2ccc(-c3ccc(F)cc3)o2)[nH]n1. The molecule has 2 N–H and O–H groups in total. The van der Waals surface area contributed by atoms with Crippen LogP contribution in [0.1, 0.15) is 24.1 Å². The van der Waals surface area contributed by atoms with Crippen LogP contribution in [0.3, 0.4) is 0 Å². The molecule has 5 heteroatoms. The molecule has 0 amide bonds. The molecule has 3 rings (SSSR count). The minimum atomic E-state index is -0.247. The number of benzene rings is 1. The minimum Gasteiger partial charge on any atom is -0.460 e. The standard InChI is InChI=1S/C17H18FN3O/c1-2-14-9-15(21-20-14)10-19-11-16-7-8-17(22-16)12-3-5-13(18)6-4-12/h3-9,19H,2,10-11H2,1H3,(H,20,21). The van der Waals surface area contributed by atoms with Crippen LogP contribution in [0.5, 0.6) is 0 Å². The van der Waals surface area contributed by atoms with Gasteiger partial charge in [-0.1, -0.05) is 6.92 Å². The van der Waals surface area contributed by atoms with Gasteiger partial charge in [0, 0.05) is 17.8 Å². The third kappa shape index (κ3) is 3.43. The zero-order valence-corrected chi connectivity index (χ0v) is 12.4. The first-order valence-electron chi connectivity index (χ1n) is 7.33. The van der Waals surface area contributed by atoms with Crippen LogP contribution in [0.4, 0.5) is 4.39 Å². The lowest BCUT2D eigenvalue weighted by atomic mass is 10.2. The summed E-state index contributed by atoms with van der Waals surface area (Å²) >= 11 is 0. The minimum absolute atomic E-state index is 0.247. The summed E-state index contributed by atoms with van der Waals surface area (Å²) in [5.41, 5.74) is 2.99. The normalized spacial score (nSPS) is 11.0. The summed E-state index contributed by atoms with van der Waals surface area (Å²) in [5, 5.41) is 10.5. The van der Waals surface area contributed by atoms with E-state index in [-0.39, 0.29) is 5.82 Å². The summed E-state index contributed by atoms with van der Waals surface area (Å²) in [6, 6.07) is 12.2. The van der Waals surface area contributed by atoms with Crippen LogP contribution in [-0.2, 0) is 19.5 Å². The number of hydrogen-bond donors (Lipinski definition) is 2. The van der Waals surface area contributed by atoms with Gasteiger partial charge in [0.15, 0.2) is 0 Å². The van der Waals surface area contributed by atoms with Gasteiger partial charge in [0.2, 0.25) is 0 Å². The van der Waals surface area contributed by atoms with Crippen LogP contribution >= 0.6 is 0 Å². The van der Waals surface area contributed by atoms with Crippen molar-refractivity contribution < 1.29 is 8.81 Å². The Kier molecular flexibility index (Phi) is 4.34. The fourth-order valence-corrected chi connectivity index (χ4v) is 2.24. The van der Waals surface area contributed by atoms with E-state index in [1.807, 2.05) is 12.1 Å². The summed E-state index contributed by atoms with van der Waals surface area (Å²) in [6.07, 6.45) is 0.926. The number of H-pyrrole nitrogens is 1. The van der Waals surface area contributed by atoms with Gasteiger partial charge in [0.25, 0.3) is 0 Å². The Bertz CT molecular complexity index is 730. The fourth-order valence-electron chi connectivity index (χ4n) is 2.24. The monoisotopic (exact) mass is 299 g/mol. The van der Waals surface area contributed by atoms with Crippen molar-refractivity contribution in [2.75, 3.05) is 0 Å². The number of rotatable bonds is 6. The lowest BCUT2D eigenvalue weighted by molar-refractivity contribution is 0.492. The lowest BCUT2D eigenvalue weighted by Gasteiger charge is -2.00. The predicted octanol–water partition coefficient (Wildman–Crippen LogP) is 3.66. The number of halogens is 1. The first-order chi connectivity index (χ1) is 10.7. The Morgan fingerprint density at radius 1 is 1.14 bits per heavy atom. The Morgan fingerprint density at radius 2 is 1.95 bits per heavy atom. The third-order valence-electron chi connectivity index (χ3n) is 3.45.